The van der Waals surface area contributed by atoms with Crippen molar-refractivity contribution in [3.63, 3.8) is 0 Å². The van der Waals surface area contributed by atoms with Crippen LogP contribution >= 0.6 is 15.9 Å². The van der Waals surface area contributed by atoms with Gasteiger partial charge in [0, 0.05) is 10.4 Å². The quantitative estimate of drug-likeness (QED) is 0.825. The standard InChI is InChI=1S/C19H24BrN/c1-19(2,3)16-10-8-14(9-11-16)12-15(13-21)17-6-4-5-7-18(17)20/h4-11,15H,12-13,21H2,1-3H3. The number of hydrogen-bond acceptors (Lipinski definition) is 1. The molecule has 112 valence electrons. The molecule has 0 aliphatic carbocycles. The van der Waals surface area contributed by atoms with Crippen LogP contribution in [-0.2, 0) is 11.8 Å². The summed E-state index contributed by atoms with van der Waals surface area (Å²) < 4.78 is 1.15. The minimum atomic E-state index is 0.203. The van der Waals surface area contributed by atoms with Gasteiger partial charge in [-0.25, -0.2) is 0 Å². The number of halogens is 1. The van der Waals surface area contributed by atoms with Gasteiger partial charge in [0.1, 0.15) is 0 Å². The normalized spacial score (nSPS) is 13.2. The van der Waals surface area contributed by atoms with E-state index in [0.717, 1.165) is 10.9 Å². The monoisotopic (exact) mass is 345 g/mol. The van der Waals surface area contributed by atoms with Gasteiger partial charge in [-0.3, -0.25) is 0 Å². The van der Waals surface area contributed by atoms with Crippen molar-refractivity contribution in [3.05, 3.63) is 69.7 Å². The molecule has 1 atom stereocenters. The molecule has 21 heavy (non-hydrogen) atoms. The van der Waals surface area contributed by atoms with Gasteiger partial charge in [-0.2, -0.15) is 0 Å². The molecule has 0 aliphatic heterocycles. The molecule has 0 amide bonds. The Morgan fingerprint density at radius 3 is 2.14 bits per heavy atom. The average Bonchev–Trinajstić information content (AvgIpc) is 2.45. The first-order valence-corrected chi connectivity index (χ1v) is 8.25. The first kappa shape index (κ1) is 16.3. The van der Waals surface area contributed by atoms with Crippen LogP contribution in [0.4, 0.5) is 0 Å². The Labute approximate surface area is 136 Å². The van der Waals surface area contributed by atoms with Crippen molar-refractivity contribution in [1.29, 1.82) is 0 Å². The molecule has 0 aliphatic rings. The molecule has 1 unspecified atom stereocenters. The van der Waals surface area contributed by atoms with E-state index in [0.29, 0.717) is 12.5 Å². The Hall–Kier alpha value is -1.12. The molecule has 0 saturated carbocycles. The van der Waals surface area contributed by atoms with Gasteiger partial charge < -0.3 is 5.73 Å². The second-order valence-electron chi connectivity index (χ2n) is 6.61. The van der Waals surface area contributed by atoms with E-state index < -0.39 is 0 Å². The summed E-state index contributed by atoms with van der Waals surface area (Å²) in [4.78, 5) is 0. The maximum absolute atomic E-state index is 6.00. The van der Waals surface area contributed by atoms with E-state index in [1.807, 2.05) is 6.07 Å². The van der Waals surface area contributed by atoms with Crippen LogP contribution in [-0.4, -0.2) is 6.54 Å². The Balaban J connectivity index is 2.18. The summed E-state index contributed by atoms with van der Waals surface area (Å²) in [6.07, 6.45) is 0.976. The van der Waals surface area contributed by atoms with E-state index >= 15 is 0 Å². The molecule has 1 nitrogen and oxygen atoms in total. The maximum atomic E-state index is 6.00. The molecule has 0 saturated heterocycles. The van der Waals surface area contributed by atoms with Crippen LogP contribution in [0.15, 0.2) is 53.0 Å². The van der Waals surface area contributed by atoms with Crippen molar-refractivity contribution in [2.45, 2.75) is 38.5 Å². The molecular weight excluding hydrogens is 322 g/mol. The summed E-state index contributed by atoms with van der Waals surface area (Å²) in [6, 6.07) is 17.3. The number of nitrogens with two attached hydrogens (primary N) is 1. The highest BCUT2D eigenvalue weighted by Crippen LogP contribution is 2.28. The zero-order valence-electron chi connectivity index (χ0n) is 13.1. The van der Waals surface area contributed by atoms with E-state index in [1.54, 1.807) is 0 Å². The average molecular weight is 346 g/mol. The number of benzene rings is 2. The Kier molecular flexibility index (Phi) is 5.23. The molecule has 2 aromatic carbocycles. The third-order valence-electron chi connectivity index (χ3n) is 3.93. The largest absolute Gasteiger partial charge is 0.330 e. The highest BCUT2D eigenvalue weighted by molar-refractivity contribution is 9.10. The van der Waals surface area contributed by atoms with Crippen LogP contribution in [0.5, 0.6) is 0 Å². The van der Waals surface area contributed by atoms with Gasteiger partial charge in [-0.05, 0) is 41.1 Å². The maximum Gasteiger partial charge on any atom is 0.0210 e. The lowest BCUT2D eigenvalue weighted by Gasteiger charge is -2.20. The van der Waals surface area contributed by atoms with Gasteiger partial charge >= 0.3 is 0 Å². The van der Waals surface area contributed by atoms with Crippen molar-refractivity contribution in [2.24, 2.45) is 5.73 Å². The number of hydrogen-bond donors (Lipinski definition) is 1. The molecule has 2 aromatic rings. The molecular formula is C19H24BrN. The van der Waals surface area contributed by atoms with E-state index in [4.69, 9.17) is 5.73 Å². The lowest BCUT2D eigenvalue weighted by molar-refractivity contribution is 0.589. The summed E-state index contributed by atoms with van der Waals surface area (Å²) in [5, 5.41) is 0. The molecule has 0 spiro atoms. The lowest BCUT2D eigenvalue weighted by Crippen LogP contribution is -2.16. The molecule has 0 heterocycles. The van der Waals surface area contributed by atoms with Gasteiger partial charge in [0.25, 0.3) is 0 Å². The Bertz CT molecular complexity index is 581. The summed E-state index contributed by atoms with van der Waals surface area (Å²) in [5.41, 5.74) is 10.2. The Morgan fingerprint density at radius 2 is 1.62 bits per heavy atom. The van der Waals surface area contributed by atoms with Crippen molar-refractivity contribution >= 4 is 15.9 Å². The van der Waals surface area contributed by atoms with Crippen LogP contribution < -0.4 is 5.73 Å². The summed E-state index contributed by atoms with van der Waals surface area (Å²) >= 11 is 3.63. The topological polar surface area (TPSA) is 26.0 Å². The predicted octanol–water partition coefficient (Wildman–Crippen LogP) is 5.03. The lowest BCUT2D eigenvalue weighted by atomic mass is 9.85. The molecule has 2 N–H and O–H groups in total. The highest BCUT2D eigenvalue weighted by atomic mass is 79.9. The first-order chi connectivity index (χ1) is 9.91. The van der Waals surface area contributed by atoms with Crippen molar-refractivity contribution in [3.8, 4) is 0 Å². The van der Waals surface area contributed by atoms with Crippen LogP contribution in [0.1, 0.15) is 43.4 Å². The third kappa shape index (κ3) is 4.18. The summed E-state index contributed by atoms with van der Waals surface area (Å²) in [6.45, 7) is 7.38. The highest BCUT2D eigenvalue weighted by Gasteiger charge is 2.15. The molecule has 0 aromatic heterocycles. The van der Waals surface area contributed by atoms with E-state index in [9.17, 15) is 0 Å². The minimum Gasteiger partial charge on any atom is -0.330 e. The van der Waals surface area contributed by atoms with Crippen LogP contribution in [0, 0.1) is 0 Å². The SMILES string of the molecule is CC(C)(C)c1ccc(CC(CN)c2ccccc2Br)cc1. The molecule has 0 radical (unpaired) electrons. The zero-order chi connectivity index (χ0) is 15.5. The van der Waals surface area contributed by atoms with Gasteiger partial charge in [0.15, 0.2) is 0 Å². The van der Waals surface area contributed by atoms with Gasteiger partial charge in [0.2, 0.25) is 0 Å². The first-order valence-electron chi connectivity index (χ1n) is 7.45. The molecule has 0 bridgehead atoms. The fraction of sp³-hybridized carbons (Fsp3) is 0.368. The Morgan fingerprint density at radius 1 is 1.00 bits per heavy atom. The van der Waals surface area contributed by atoms with Gasteiger partial charge in [-0.1, -0.05) is 79.2 Å². The molecule has 2 heteroatoms. The van der Waals surface area contributed by atoms with E-state index in [2.05, 4.69) is 79.2 Å². The second kappa shape index (κ2) is 6.76. The second-order valence-corrected chi connectivity index (χ2v) is 7.46. The van der Waals surface area contributed by atoms with E-state index in [-0.39, 0.29) is 5.41 Å². The van der Waals surface area contributed by atoms with Crippen LogP contribution in [0.2, 0.25) is 0 Å². The zero-order valence-corrected chi connectivity index (χ0v) is 14.7. The van der Waals surface area contributed by atoms with Crippen molar-refractivity contribution in [1.82, 2.24) is 0 Å². The van der Waals surface area contributed by atoms with Gasteiger partial charge in [0.05, 0.1) is 0 Å². The predicted molar refractivity (Wildman–Crippen MR) is 94.8 cm³/mol. The van der Waals surface area contributed by atoms with Crippen LogP contribution in [0.3, 0.4) is 0 Å². The third-order valence-corrected chi connectivity index (χ3v) is 4.65. The summed E-state index contributed by atoms with van der Waals surface area (Å²) in [5.74, 6) is 0.348. The fourth-order valence-electron chi connectivity index (χ4n) is 2.55. The molecule has 0 fully saturated rings. The molecule has 2 rings (SSSR count). The van der Waals surface area contributed by atoms with Crippen molar-refractivity contribution < 1.29 is 0 Å². The van der Waals surface area contributed by atoms with Gasteiger partial charge in [-0.15, -0.1) is 0 Å². The van der Waals surface area contributed by atoms with Crippen LogP contribution in [0.25, 0.3) is 0 Å². The minimum absolute atomic E-state index is 0.203. The van der Waals surface area contributed by atoms with Crippen molar-refractivity contribution in [2.75, 3.05) is 6.54 Å². The summed E-state index contributed by atoms with van der Waals surface area (Å²) in [7, 11) is 0. The van der Waals surface area contributed by atoms with E-state index in [1.165, 1.54) is 16.7 Å². The number of rotatable bonds is 4. The smallest absolute Gasteiger partial charge is 0.0210 e. The fourth-order valence-corrected chi connectivity index (χ4v) is 3.16.